The molecule has 1 aliphatic carbocycles. The van der Waals surface area contributed by atoms with Crippen molar-refractivity contribution in [2.75, 3.05) is 26.2 Å². The zero-order valence-corrected chi connectivity index (χ0v) is 11.6. The number of rotatable bonds is 2. The van der Waals surface area contributed by atoms with E-state index >= 15 is 0 Å². The second-order valence-corrected chi connectivity index (χ2v) is 6.57. The zero-order chi connectivity index (χ0) is 12.7. The summed E-state index contributed by atoms with van der Waals surface area (Å²) < 4.78 is 0. The number of piperidine rings is 2. The summed E-state index contributed by atoms with van der Waals surface area (Å²) in [7, 11) is 0. The first-order valence-corrected chi connectivity index (χ1v) is 7.95. The van der Waals surface area contributed by atoms with Gasteiger partial charge >= 0.3 is 0 Å². The second-order valence-electron chi connectivity index (χ2n) is 6.57. The molecule has 2 fully saturated rings. The lowest BCUT2D eigenvalue weighted by atomic mass is 9.74. The predicted octanol–water partition coefficient (Wildman–Crippen LogP) is 2.92. The van der Waals surface area contributed by atoms with Crippen LogP contribution in [0.1, 0.15) is 48.8 Å². The molecule has 0 radical (unpaired) electrons. The highest BCUT2D eigenvalue weighted by atomic mass is 15.2. The molecule has 2 bridgehead atoms. The number of hydrogen-bond donors (Lipinski definition) is 1. The minimum absolute atomic E-state index is 0.719. The summed E-state index contributed by atoms with van der Waals surface area (Å²) in [5.41, 5.74) is 3.29. The van der Waals surface area contributed by atoms with Gasteiger partial charge in [0.2, 0.25) is 0 Å². The van der Waals surface area contributed by atoms with E-state index in [0.29, 0.717) is 0 Å². The maximum Gasteiger partial charge on any atom is 0.0351 e. The van der Waals surface area contributed by atoms with Gasteiger partial charge in [0.15, 0.2) is 0 Å². The maximum absolute atomic E-state index is 3.48. The first-order chi connectivity index (χ1) is 9.42. The van der Waals surface area contributed by atoms with Crippen molar-refractivity contribution in [3.63, 3.8) is 0 Å². The van der Waals surface area contributed by atoms with Gasteiger partial charge in [-0.1, -0.05) is 24.3 Å². The van der Waals surface area contributed by atoms with E-state index < -0.39 is 0 Å². The Hall–Kier alpha value is -0.860. The topological polar surface area (TPSA) is 15.3 Å². The lowest BCUT2D eigenvalue weighted by Gasteiger charge is -2.48. The summed E-state index contributed by atoms with van der Waals surface area (Å²) in [6, 6.07) is 9.91. The van der Waals surface area contributed by atoms with Crippen molar-refractivity contribution < 1.29 is 0 Å². The molecule has 3 aliphatic heterocycles. The van der Waals surface area contributed by atoms with Gasteiger partial charge in [0.05, 0.1) is 0 Å². The van der Waals surface area contributed by atoms with Gasteiger partial charge in [-0.2, -0.15) is 0 Å². The van der Waals surface area contributed by atoms with E-state index in [1.165, 1.54) is 51.9 Å². The van der Waals surface area contributed by atoms with E-state index in [2.05, 4.69) is 34.5 Å². The van der Waals surface area contributed by atoms with E-state index in [1.54, 1.807) is 11.1 Å². The minimum atomic E-state index is 0.719. The van der Waals surface area contributed by atoms with Crippen molar-refractivity contribution in [2.24, 2.45) is 5.92 Å². The van der Waals surface area contributed by atoms with Crippen molar-refractivity contribution >= 4 is 0 Å². The normalized spacial score (nSPS) is 31.4. The van der Waals surface area contributed by atoms with Crippen LogP contribution in [-0.4, -0.2) is 31.1 Å². The van der Waals surface area contributed by atoms with Crippen molar-refractivity contribution in [3.05, 3.63) is 35.4 Å². The third-order valence-electron chi connectivity index (χ3n) is 5.43. The molecule has 4 aliphatic rings. The molecule has 0 amide bonds. The summed E-state index contributed by atoms with van der Waals surface area (Å²) in [6.07, 6.45) is 5.53. The van der Waals surface area contributed by atoms with Crippen LogP contribution < -0.4 is 5.32 Å². The molecule has 0 aromatic heterocycles. The molecule has 1 aromatic rings. The Kier molecular flexibility index (Phi) is 3.08. The van der Waals surface area contributed by atoms with Crippen LogP contribution in [0.4, 0.5) is 0 Å². The highest BCUT2D eigenvalue weighted by Crippen LogP contribution is 2.46. The first kappa shape index (κ1) is 11.9. The molecule has 2 nitrogen and oxygen atoms in total. The molecule has 0 spiro atoms. The van der Waals surface area contributed by atoms with Crippen LogP contribution in [0.15, 0.2) is 24.3 Å². The summed E-state index contributed by atoms with van der Waals surface area (Å²) in [6.45, 7) is 5.09. The largest absolute Gasteiger partial charge is 0.317 e. The molecule has 2 heteroatoms. The Labute approximate surface area is 116 Å². The smallest absolute Gasteiger partial charge is 0.0351 e. The van der Waals surface area contributed by atoms with Gasteiger partial charge in [-0.3, -0.25) is 4.90 Å². The summed E-state index contributed by atoms with van der Waals surface area (Å²) in [5, 5.41) is 3.48. The predicted molar refractivity (Wildman–Crippen MR) is 78.3 cm³/mol. The quantitative estimate of drug-likeness (QED) is 0.875. The molecule has 1 aromatic carbocycles. The minimum Gasteiger partial charge on any atom is -0.317 e. The fourth-order valence-electron chi connectivity index (χ4n) is 4.43. The summed E-state index contributed by atoms with van der Waals surface area (Å²) in [4.78, 5) is 2.80. The third kappa shape index (κ3) is 2.11. The molecular weight excluding hydrogens is 232 g/mol. The molecular formula is C17H24N2. The first-order valence-electron chi connectivity index (χ1n) is 7.95. The second kappa shape index (κ2) is 4.92. The van der Waals surface area contributed by atoms with Crippen LogP contribution in [0, 0.1) is 5.92 Å². The average Bonchev–Trinajstić information content (AvgIpc) is 2.49. The van der Waals surface area contributed by atoms with Gasteiger partial charge in [0.1, 0.15) is 0 Å². The lowest BCUT2D eigenvalue weighted by Crippen LogP contribution is -2.45. The van der Waals surface area contributed by atoms with Crippen molar-refractivity contribution in [1.82, 2.24) is 10.2 Å². The Morgan fingerprint density at radius 2 is 1.79 bits per heavy atom. The number of nitrogens with zero attached hydrogens (tertiary/aromatic N) is 1. The fourth-order valence-corrected chi connectivity index (χ4v) is 4.43. The summed E-state index contributed by atoms with van der Waals surface area (Å²) >= 11 is 0. The molecule has 2 atom stereocenters. The Balaban J connectivity index is 1.54. The van der Waals surface area contributed by atoms with Crippen LogP contribution in [0.2, 0.25) is 0 Å². The van der Waals surface area contributed by atoms with E-state index in [-0.39, 0.29) is 0 Å². The standard InChI is InChI=1S/C17H24N2/c1-2-4-16-15(3-1)14-5-6-17(16)19(12-14)11-13-7-9-18-10-8-13/h1-4,13-14,17-18H,5-12H2/t14-,17+/m1/s1. The molecule has 19 heavy (non-hydrogen) atoms. The molecule has 2 saturated heterocycles. The van der Waals surface area contributed by atoms with Crippen molar-refractivity contribution in [3.8, 4) is 0 Å². The van der Waals surface area contributed by atoms with E-state index in [4.69, 9.17) is 0 Å². The maximum atomic E-state index is 3.48. The van der Waals surface area contributed by atoms with Gasteiger partial charge in [-0.25, -0.2) is 0 Å². The molecule has 0 unspecified atom stereocenters. The van der Waals surface area contributed by atoms with Crippen LogP contribution in [0.3, 0.4) is 0 Å². The summed E-state index contributed by atoms with van der Waals surface area (Å²) in [5.74, 6) is 1.73. The zero-order valence-electron chi connectivity index (χ0n) is 11.6. The molecule has 1 N–H and O–H groups in total. The van der Waals surface area contributed by atoms with Crippen molar-refractivity contribution in [2.45, 2.75) is 37.6 Å². The van der Waals surface area contributed by atoms with E-state index in [1.807, 2.05) is 0 Å². The van der Waals surface area contributed by atoms with Crippen molar-refractivity contribution in [1.29, 1.82) is 0 Å². The number of hydrogen-bond acceptors (Lipinski definition) is 2. The Bertz CT molecular complexity index is 450. The van der Waals surface area contributed by atoms with Gasteiger partial charge < -0.3 is 5.32 Å². The molecule has 3 heterocycles. The number of benzene rings is 1. The van der Waals surface area contributed by atoms with Gasteiger partial charge in [0, 0.05) is 19.1 Å². The Morgan fingerprint density at radius 3 is 2.63 bits per heavy atom. The number of nitrogens with one attached hydrogen (secondary N) is 1. The molecule has 5 rings (SSSR count). The SMILES string of the molecule is c1ccc2c(c1)[C@@H]1CC[C@@H]2N(CC2CCNCC2)C1. The van der Waals surface area contributed by atoms with Gasteiger partial charge in [-0.15, -0.1) is 0 Å². The number of fused-ring (bicyclic) bond motifs is 2. The average molecular weight is 256 g/mol. The highest BCUT2D eigenvalue weighted by molar-refractivity contribution is 5.38. The van der Waals surface area contributed by atoms with Crippen LogP contribution >= 0.6 is 0 Å². The van der Waals surface area contributed by atoms with Crippen LogP contribution in [0.5, 0.6) is 0 Å². The Morgan fingerprint density at radius 1 is 1.00 bits per heavy atom. The highest BCUT2D eigenvalue weighted by Gasteiger charge is 2.38. The van der Waals surface area contributed by atoms with E-state index in [9.17, 15) is 0 Å². The third-order valence-corrected chi connectivity index (χ3v) is 5.43. The lowest BCUT2D eigenvalue weighted by molar-refractivity contribution is 0.0863. The van der Waals surface area contributed by atoms with E-state index in [0.717, 1.165) is 17.9 Å². The monoisotopic (exact) mass is 256 g/mol. The molecule has 0 saturated carbocycles. The van der Waals surface area contributed by atoms with Crippen LogP contribution in [-0.2, 0) is 0 Å². The van der Waals surface area contributed by atoms with Gasteiger partial charge in [-0.05, 0) is 61.7 Å². The van der Waals surface area contributed by atoms with Gasteiger partial charge in [0.25, 0.3) is 0 Å². The van der Waals surface area contributed by atoms with Crippen LogP contribution in [0.25, 0.3) is 0 Å². The molecule has 102 valence electrons. The fraction of sp³-hybridized carbons (Fsp3) is 0.647.